The number of hydrogen-bond donors (Lipinski definition) is 1. The van der Waals surface area contributed by atoms with Crippen LogP contribution in [-0.2, 0) is 6.42 Å². The summed E-state index contributed by atoms with van der Waals surface area (Å²) in [5, 5.41) is 9.80. The van der Waals surface area contributed by atoms with Gasteiger partial charge in [-0.1, -0.05) is 37.3 Å². The van der Waals surface area contributed by atoms with E-state index in [1.165, 1.54) is 11.3 Å². The van der Waals surface area contributed by atoms with Crippen LogP contribution in [0.2, 0.25) is 0 Å². The molecule has 21 heavy (non-hydrogen) atoms. The maximum absolute atomic E-state index is 12.6. The summed E-state index contributed by atoms with van der Waals surface area (Å²) in [5.41, 5.74) is 1.02. The Labute approximate surface area is 129 Å². The Bertz CT molecular complexity index is 583. The second-order valence-corrected chi connectivity index (χ2v) is 5.96. The maximum atomic E-state index is 12.6. The highest BCUT2D eigenvalue weighted by molar-refractivity contribution is 7.13. The van der Waals surface area contributed by atoms with Gasteiger partial charge in [0.05, 0.1) is 6.04 Å². The Morgan fingerprint density at radius 2 is 2.10 bits per heavy atom. The van der Waals surface area contributed by atoms with Crippen molar-refractivity contribution in [1.29, 1.82) is 0 Å². The third kappa shape index (κ3) is 3.68. The van der Waals surface area contributed by atoms with Gasteiger partial charge in [0.15, 0.2) is 5.01 Å². The summed E-state index contributed by atoms with van der Waals surface area (Å²) in [6.45, 7) is 2.08. The zero-order chi connectivity index (χ0) is 15.2. The van der Waals surface area contributed by atoms with Gasteiger partial charge in [-0.2, -0.15) is 0 Å². The molecule has 2 aromatic rings. The molecule has 2 rings (SSSR count). The number of aryl methyl sites for hydroxylation is 1. The molecule has 0 aliphatic rings. The van der Waals surface area contributed by atoms with Crippen LogP contribution in [0.1, 0.15) is 39.6 Å². The van der Waals surface area contributed by atoms with Gasteiger partial charge in [-0.15, -0.1) is 11.3 Å². The molecule has 0 saturated heterocycles. The van der Waals surface area contributed by atoms with Crippen LogP contribution in [0, 0.1) is 0 Å². The normalized spacial score (nSPS) is 12.1. The maximum Gasteiger partial charge on any atom is 0.283 e. The van der Waals surface area contributed by atoms with E-state index in [2.05, 4.69) is 4.98 Å². The van der Waals surface area contributed by atoms with Crippen LogP contribution < -0.4 is 0 Å². The molecular weight excluding hydrogens is 284 g/mol. The van der Waals surface area contributed by atoms with E-state index in [1.54, 1.807) is 18.1 Å². The predicted octanol–water partition coefficient (Wildman–Crippen LogP) is 2.90. The number of rotatable bonds is 6. The van der Waals surface area contributed by atoms with Gasteiger partial charge in [0.25, 0.3) is 5.91 Å². The summed E-state index contributed by atoms with van der Waals surface area (Å²) in [6.07, 6.45) is 3.15. The molecular formula is C16H20N2O2S. The smallest absolute Gasteiger partial charge is 0.283 e. The van der Waals surface area contributed by atoms with E-state index in [0.29, 0.717) is 11.4 Å². The Morgan fingerprint density at radius 1 is 1.38 bits per heavy atom. The summed E-state index contributed by atoms with van der Waals surface area (Å²) < 4.78 is 0. The van der Waals surface area contributed by atoms with Crippen molar-refractivity contribution < 1.29 is 9.90 Å². The van der Waals surface area contributed by atoms with Gasteiger partial charge in [-0.05, 0) is 18.4 Å². The average molecular weight is 304 g/mol. The molecule has 1 aromatic heterocycles. The van der Waals surface area contributed by atoms with E-state index in [4.69, 9.17) is 0 Å². The number of benzene rings is 1. The first kappa shape index (κ1) is 15.7. The highest BCUT2D eigenvalue weighted by Gasteiger charge is 2.24. The molecule has 0 bridgehead atoms. The minimum Gasteiger partial charge on any atom is -0.396 e. The number of carbonyl (C=O) groups excluding carboxylic acids is 1. The molecule has 0 fully saturated rings. The van der Waals surface area contributed by atoms with Crippen molar-refractivity contribution in [2.45, 2.75) is 25.8 Å². The molecule has 1 amide bonds. The third-order valence-electron chi connectivity index (χ3n) is 3.46. The van der Waals surface area contributed by atoms with Crippen molar-refractivity contribution in [2.75, 3.05) is 13.7 Å². The summed E-state index contributed by atoms with van der Waals surface area (Å²) in [5.74, 6) is -0.0954. The van der Waals surface area contributed by atoms with Crippen LogP contribution in [0.15, 0.2) is 36.5 Å². The van der Waals surface area contributed by atoms with Gasteiger partial charge in [-0.25, -0.2) is 4.98 Å². The molecule has 0 radical (unpaired) electrons. The van der Waals surface area contributed by atoms with Crippen LogP contribution in [0.5, 0.6) is 0 Å². The van der Waals surface area contributed by atoms with Gasteiger partial charge in [0.2, 0.25) is 0 Å². The zero-order valence-corrected chi connectivity index (χ0v) is 13.1. The molecule has 5 heteroatoms. The van der Waals surface area contributed by atoms with Crippen molar-refractivity contribution in [3.8, 4) is 0 Å². The fourth-order valence-corrected chi connectivity index (χ4v) is 3.08. The van der Waals surface area contributed by atoms with Gasteiger partial charge in [0, 0.05) is 24.7 Å². The van der Waals surface area contributed by atoms with Crippen LogP contribution in [0.4, 0.5) is 0 Å². The van der Waals surface area contributed by atoms with E-state index in [1.807, 2.05) is 37.3 Å². The Balaban J connectivity index is 2.21. The predicted molar refractivity (Wildman–Crippen MR) is 84.5 cm³/mol. The second-order valence-electron chi connectivity index (χ2n) is 4.84. The number of thiazole rings is 1. The highest BCUT2D eigenvalue weighted by Crippen LogP contribution is 2.25. The standard InChI is InChI=1S/C16H20N2O2S/c1-3-13-11-17-15(21-13)16(20)18(2)14(9-10-19)12-7-5-4-6-8-12/h4-8,11,14,19H,3,9-10H2,1-2H3. The molecule has 112 valence electrons. The van der Waals surface area contributed by atoms with E-state index in [-0.39, 0.29) is 18.6 Å². The number of aliphatic hydroxyl groups is 1. The van der Waals surface area contributed by atoms with Crippen molar-refractivity contribution in [1.82, 2.24) is 9.88 Å². The first-order chi connectivity index (χ1) is 10.2. The number of nitrogens with zero attached hydrogens (tertiary/aromatic N) is 2. The third-order valence-corrected chi connectivity index (χ3v) is 4.59. The molecule has 0 aliphatic carbocycles. The first-order valence-electron chi connectivity index (χ1n) is 7.05. The molecule has 0 saturated carbocycles. The minimum absolute atomic E-state index is 0.0370. The van der Waals surface area contributed by atoms with Crippen molar-refractivity contribution in [3.05, 3.63) is 52.0 Å². The zero-order valence-electron chi connectivity index (χ0n) is 12.3. The van der Waals surface area contributed by atoms with E-state index in [0.717, 1.165) is 16.9 Å². The number of hydrogen-bond acceptors (Lipinski definition) is 4. The van der Waals surface area contributed by atoms with Gasteiger partial charge < -0.3 is 10.0 Å². The van der Waals surface area contributed by atoms with Gasteiger partial charge in [0.1, 0.15) is 0 Å². The largest absolute Gasteiger partial charge is 0.396 e. The molecule has 0 aliphatic heterocycles. The van der Waals surface area contributed by atoms with Crippen LogP contribution in [0.3, 0.4) is 0 Å². The fraction of sp³-hybridized carbons (Fsp3) is 0.375. The highest BCUT2D eigenvalue weighted by atomic mass is 32.1. The van der Waals surface area contributed by atoms with E-state index >= 15 is 0 Å². The number of aliphatic hydroxyl groups excluding tert-OH is 1. The molecule has 0 spiro atoms. The number of carbonyl (C=O) groups is 1. The molecule has 1 N–H and O–H groups in total. The summed E-state index contributed by atoms with van der Waals surface area (Å²) in [4.78, 5) is 19.5. The molecule has 1 atom stereocenters. The fourth-order valence-electron chi connectivity index (χ4n) is 2.24. The summed E-state index contributed by atoms with van der Waals surface area (Å²) >= 11 is 1.44. The van der Waals surface area contributed by atoms with Crippen LogP contribution >= 0.6 is 11.3 Å². The van der Waals surface area contributed by atoms with Crippen LogP contribution in [0.25, 0.3) is 0 Å². The lowest BCUT2D eigenvalue weighted by atomic mass is 10.0. The Morgan fingerprint density at radius 3 is 2.67 bits per heavy atom. The van der Waals surface area contributed by atoms with Gasteiger partial charge in [-0.3, -0.25) is 4.79 Å². The quantitative estimate of drug-likeness (QED) is 0.893. The lowest BCUT2D eigenvalue weighted by molar-refractivity contribution is 0.0705. The summed E-state index contributed by atoms with van der Waals surface area (Å²) in [7, 11) is 1.77. The molecule has 1 unspecified atom stereocenters. The van der Waals surface area contributed by atoms with Crippen molar-refractivity contribution in [3.63, 3.8) is 0 Å². The van der Waals surface area contributed by atoms with E-state index < -0.39 is 0 Å². The lowest BCUT2D eigenvalue weighted by Crippen LogP contribution is -2.31. The van der Waals surface area contributed by atoms with Crippen molar-refractivity contribution in [2.24, 2.45) is 0 Å². The SMILES string of the molecule is CCc1cnc(C(=O)N(C)C(CCO)c2ccccc2)s1. The second kappa shape index (κ2) is 7.33. The van der Waals surface area contributed by atoms with E-state index in [9.17, 15) is 9.90 Å². The Kier molecular flexibility index (Phi) is 5.47. The minimum atomic E-state index is -0.141. The topological polar surface area (TPSA) is 53.4 Å². The first-order valence-corrected chi connectivity index (χ1v) is 7.86. The lowest BCUT2D eigenvalue weighted by Gasteiger charge is -2.27. The molecule has 4 nitrogen and oxygen atoms in total. The molecule has 1 aromatic carbocycles. The van der Waals surface area contributed by atoms with Gasteiger partial charge >= 0.3 is 0 Å². The summed E-state index contributed by atoms with van der Waals surface area (Å²) in [6, 6.07) is 9.63. The molecule has 1 heterocycles. The monoisotopic (exact) mass is 304 g/mol. The Hall–Kier alpha value is -1.72. The van der Waals surface area contributed by atoms with Crippen LogP contribution in [-0.4, -0.2) is 34.6 Å². The van der Waals surface area contributed by atoms with Crippen molar-refractivity contribution >= 4 is 17.2 Å². The number of amides is 1. The number of aromatic nitrogens is 1. The average Bonchev–Trinajstić information content (AvgIpc) is 3.01.